The molecule has 35 heavy (non-hydrogen) atoms. The number of carbonyl (C=O) groups is 1. The van der Waals surface area contributed by atoms with E-state index in [0.29, 0.717) is 0 Å². The number of esters is 1. The van der Waals surface area contributed by atoms with E-state index in [9.17, 15) is 45.0 Å². The first-order valence-corrected chi connectivity index (χ1v) is 9.52. The van der Waals surface area contributed by atoms with Crippen molar-refractivity contribution in [3.05, 3.63) is 44.6 Å². The number of benzene rings is 3. The lowest BCUT2D eigenvalue weighted by atomic mass is 10.0. The summed E-state index contributed by atoms with van der Waals surface area (Å²) in [5.41, 5.74) is -3.87. The van der Waals surface area contributed by atoms with Gasteiger partial charge >= 0.3 is 17.2 Å². The molecular formula is C22H12O13. The Balaban J connectivity index is 1.87. The third-order valence-corrected chi connectivity index (χ3v) is 5.36. The van der Waals surface area contributed by atoms with E-state index in [4.69, 9.17) is 13.6 Å². The normalized spacial score (nSPS) is 11.5. The molecule has 0 bridgehead atoms. The van der Waals surface area contributed by atoms with E-state index in [1.165, 1.54) is 0 Å². The Bertz CT molecular complexity index is 1830. The van der Waals surface area contributed by atoms with Crippen molar-refractivity contribution < 1.29 is 53.7 Å². The van der Waals surface area contributed by atoms with Crippen molar-refractivity contribution >= 4 is 38.7 Å². The van der Waals surface area contributed by atoms with Crippen molar-refractivity contribution in [2.75, 3.05) is 7.11 Å². The minimum atomic E-state index is -1.11. The van der Waals surface area contributed by atoms with E-state index < -0.39 is 79.9 Å². The predicted octanol–water partition coefficient (Wildman–Crippen LogP) is 2.30. The molecule has 0 aliphatic rings. The molecule has 178 valence electrons. The highest BCUT2D eigenvalue weighted by Crippen LogP contribution is 2.50. The molecule has 6 N–H and O–H groups in total. The predicted molar refractivity (Wildman–Crippen MR) is 115 cm³/mol. The van der Waals surface area contributed by atoms with Gasteiger partial charge in [0.25, 0.3) is 0 Å². The molecule has 13 heteroatoms. The summed E-state index contributed by atoms with van der Waals surface area (Å²) >= 11 is 0. The average molecular weight is 484 g/mol. The van der Waals surface area contributed by atoms with Crippen molar-refractivity contribution in [1.29, 1.82) is 0 Å². The molecule has 13 nitrogen and oxygen atoms in total. The van der Waals surface area contributed by atoms with Crippen LogP contribution in [0.5, 0.6) is 46.0 Å². The molecule has 0 fully saturated rings. The topological polar surface area (TPSA) is 217 Å². The van der Waals surface area contributed by atoms with Gasteiger partial charge in [-0.05, 0) is 6.07 Å². The van der Waals surface area contributed by atoms with Crippen LogP contribution < -0.4 is 16.0 Å². The van der Waals surface area contributed by atoms with Crippen LogP contribution in [0, 0.1) is 0 Å². The van der Waals surface area contributed by atoms with Crippen LogP contribution in [-0.4, -0.2) is 43.7 Å². The fourth-order valence-electron chi connectivity index (χ4n) is 3.75. The van der Waals surface area contributed by atoms with Crippen LogP contribution in [0.25, 0.3) is 32.7 Å². The summed E-state index contributed by atoms with van der Waals surface area (Å²) in [6.45, 7) is 0. The van der Waals surface area contributed by atoms with E-state index in [0.717, 1.165) is 25.3 Å². The second-order valence-electron chi connectivity index (χ2n) is 7.31. The maximum atomic E-state index is 12.7. The average Bonchev–Trinajstić information content (AvgIpc) is 2.83. The molecule has 0 atom stereocenters. The molecule has 0 aliphatic carbocycles. The van der Waals surface area contributed by atoms with Crippen LogP contribution in [0.3, 0.4) is 0 Å². The number of ether oxygens (including phenoxy) is 2. The highest BCUT2D eigenvalue weighted by molar-refractivity contribution is 6.22. The monoisotopic (exact) mass is 484 g/mol. The van der Waals surface area contributed by atoms with Crippen molar-refractivity contribution in [2.24, 2.45) is 0 Å². The summed E-state index contributed by atoms with van der Waals surface area (Å²) in [5.74, 6) is -8.02. The molecule has 5 rings (SSSR count). The number of phenols is 6. The van der Waals surface area contributed by atoms with Gasteiger partial charge in [-0.15, -0.1) is 0 Å². The minimum Gasteiger partial charge on any atom is -0.504 e. The first-order chi connectivity index (χ1) is 16.5. The molecule has 0 radical (unpaired) electrons. The van der Waals surface area contributed by atoms with Gasteiger partial charge in [0.2, 0.25) is 23.0 Å². The zero-order chi connectivity index (χ0) is 25.3. The lowest BCUT2D eigenvalue weighted by Gasteiger charge is -2.16. The minimum absolute atomic E-state index is 0.136. The zero-order valence-corrected chi connectivity index (χ0v) is 17.3. The number of hydrogen-bond acceptors (Lipinski definition) is 13. The number of phenolic OH excluding ortho intramolecular Hbond substituents is 6. The van der Waals surface area contributed by atoms with Crippen LogP contribution >= 0.6 is 0 Å². The number of carbonyl (C=O) groups excluding carboxylic acids is 1. The Morgan fingerprint density at radius 2 is 1.29 bits per heavy atom. The Morgan fingerprint density at radius 3 is 1.89 bits per heavy atom. The van der Waals surface area contributed by atoms with E-state index >= 15 is 0 Å². The molecule has 0 unspecified atom stereocenters. The van der Waals surface area contributed by atoms with E-state index in [-0.39, 0.29) is 21.5 Å². The highest BCUT2D eigenvalue weighted by atomic mass is 16.5. The maximum Gasteiger partial charge on any atom is 0.344 e. The molecule has 0 aliphatic heterocycles. The quantitative estimate of drug-likeness (QED) is 0.0938. The van der Waals surface area contributed by atoms with Crippen molar-refractivity contribution in [2.45, 2.75) is 0 Å². The SMILES string of the molecule is COC(=O)c1cc(O)c(O)c(O)c1Oc1cc2c(=O)oc3c(O)c(O)cc4c(=O)oc(c1O)c2c34. The van der Waals surface area contributed by atoms with Gasteiger partial charge in [0, 0.05) is 22.9 Å². The summed E-state index contributed by atoms with van der Waals surface area (Å²) in [4.78, 5) is 37.4. The van der Waals surface area contributed by atoms with Crippen molar-refractivity contribution in [1.82, 2.24) is 0 Å². The Hall–Kier alpha value is -5.33. The van der Waals surface area contributed by atoms with E-state index in [2.05, 4.69) is 4.74 Å². The van der Waals surface area contributed by atoms with Crippen LogP contribution in [0.15, 0.2) is 36.6 Å². The fraction of sp³-hybridized carbons (Fsp3) is 0.0455. The summed E-state index contributed by atoms with van der Waals surface area (Å²) in [6.07, 6.45) is 0. The molecule has 5 aromatic rings. The van der Waals surface area contributed by atoms with Crippen LogP contribution in [0.4, 0.5) is 0 Å². The van der Waals surface area contributed by atoms with Crippen LogP contribution in [0.2, 0.25) is 0 Å². The van der Waals surface area contributed by atoms with Gasteiger partial charge in [0.1, 0.15) is 5.56 Å². The van der Waals surface area contributed by atoms with Crippen LogP contribution in [0.1, 0.15) is 10.4 Å². The second-order valence-corrected chi connectivity index (χ2v) is 7.31. The van der Waals surface area contributed by atoms with Gasteiger partial charge in [-0.25, -0.2) is 14.4 Å². The van der Waals surface area contributed by atoms with E-state index in [1.807, 2.05) is 0 Å². The van der Waals surface area contributed by atoms with Gasteiger partial charge in [-0.1, -0.05) is 0 Å². The van der Waals surface area contributed by atoms with Crippen molar-refractivity contribution in [3.63, 3.8) is 0 Å². The first-order valence-electron chi connectivity index (χ1n) is 9.52. The molecule has 0 spiro atoms. The standard InChI is InChI=1S/C22H12O13/c1-32-20(29)7-3-8(23)13(25)16(28)17(7)33-10-4-6-12-11-5(21(30)35-19(12)15(10)27)2-9(24)14(26)18(11)34-22(6)31/h2-4,23-28H,1H3. The smallest absolute Gasteiger partial charge is 0.344 e. The summed E-state index contributed by atoms with van der Waals surface area (Å²) in [6, 6.07) is 2.54. The largest absolute Gasteiger partial charge is 0.504 e. The molecule has 0 amide bonds. The molecule has 2 heterocycles. The number of hydrogen-bond donors (Lipinski definition) is 6. The summed E-state index contributed by atoms with van der Waals surface area (Å²) in [5, 5.41) is 59.8. The zero-order valence-electron chi connectivity index (χ0n) is 17.3. The molecule has 0 saturated heterocycles. The molecule has 3 aromatic carbocycles. The van der Waals surface area contributed by atoms with Gasteiger partial charge in [-0.3, -0.25) is 0 Å². The number of aromatic hydroxyl groups is 6. The van der Waals surface area contributed by atoms with Gasteiger partial charge in [-0.2, -0.15) is 0 Å². The molecular weight excluding hydrogens is 472 g/mol. The Morgan fingerprint density at radius 1 is 0.743 bits per heavy atom. The number of rotatable bonds is 3. The van der Waals surface area contributed by atoms with Gasteiger partial charge in [0.05, 0.1) is 17.9 Å². The summed E-state index contributed by atoms with van der Waals surface area (Å²) in [7, 11) is 0.991. The third-order valence-electron chi connectivity index (χ3n) is 5.36. The first kappa shape index (κ1) is 21.5. The van der Waals surface area contributed by atoms with Gasteiger partial charge in [0.15, 0.2) is 34.2 Å². The van der Waals surface area contributed by atoms with Crippen molar-refractivity contribution in [3.8, 4) is 46.0 Å². The van der Waals surface area contributed by atoms with Crippen LogP contribution in [-0.2, 0) is 4.74 Å². The maximum absolute atomic E-state index is 12.7. The molecule has 0 saturated carbocycles. The lowest BCUT2D eigenvalue weighted by Crippen LogP contribution is -2.08. The second kappa shape index (κ2) is 7.08. The fourth-order valence-corrected chi connectivity index (χ4v) is 3.75. The number of methoxy groups -OCH3 is 1. The molecule has 2 aromatic heterocycles. The summed E-state index contributed by atoms with van der Waals surface area (Å²) < 4.78 is 20.2. The Kier molecular flexibility index (Phi) is 4.35. The van der Waals surface area contributed by atoms with E-state index in [1.54, 1.807) is 0 Å². The Labute approximate surface area is 190 Å². The highest BCUT2D eigenvalue weighted by Gasteiger charge is 2.29. The third kappa shape index (κ3) is 2.84. The lowest BCUT2D eigenvalue weighted by molar-refractivity contribution is 0.0596. The van der Waals surface area contributed by atoms with Gasteiger partial charge < -0.3 is 48.9 Å².